The third-order valence-corrected chi connectivity index (χ3v) is 3.50. The minimum absolute atomic E-state index is 0.236. The topological polar surface area (TPSA) is 49.6 Å². The van der Waals surface area contributed by atoms with Crippen LogP contribution in [-0.4, -0.2) is 55.5 Å². The Morgan fingerprint density at radius 2 is 2.00 bits per heavy atom. The molecule has 0 aliphatic heterocycles. The van der Waals surface area contributed by atoms with Gasteiger partial charge in [0.25, 0.3) is 0 Å². The van der Waals surface area contributed by atoms with Crippen molar-refractivity contribution < 1.29 is 4.79 Å². The molecule has 0 bridgehead atoms. The molecular weight excluding hydrogens is 202 g/mol. The third-order valence-electron chi connectivity index (χ3n) is 3.50. The van der Waals surface area contributed by atoms with Crippen molar-refractivity contribution in [1.82, 2.24) is 9.80 Å². The molecule has 0 radical (unpaired) electrons. The molecule has 1 saturated carbocycles. The fourth-order valence-corrected chi connectivity index (χ4v) is 1.93. The molecule has 1 aliphatic rings. The molecule has 0 aromatic heterocycles. The van der Waals surface area contributed by atoms with Gasteiger partial charge in [0.1, 0.15) is 0 Å². The van der Waals surface area contributed by atoms with Gasteiger partial charge < -0.3 is 15.5 Å². The zero-order valence-corrected chi connectivity index (χ0v) is 10.6. The number of carbonyl (C=O) groups excluding carboxylic acids is 1. The summed E-state index contributed by atoms with van der Waals surface area (Å²) >= 11 is 0. The molecule has 0 unspecified atom stereocenters. The van der Waals surface area contributed by atoms with Crippen LogP contribution in [0.4, 0.5) is 0 Å². The predicted octanol–water partition coefficient (Wildman–Crippen LogP) is 0.668. The van der Waals surface area contributed by atoms with E-state index in [1.165, 1.54) is 19.3 Å². The highest BCUT2D eigenvalue weighted by Crippen LogP contribution is 2.23. The van der Waals surface area contributed by atoms with E-state index in [0.717, 1.165) is 25.6 Å². The van der Waals surface area contributed by atoms with E-state index in [0.29, 0.717) is 13.0 Å². The minimum atomic E-state index is 0.236. The predicted molar refractivity (Wildman–Crippen MR) is 66.2 cm³/mol. The lowest BCUT2D eigenvalue weighted by Crippen LogP contribution is -2.39. The van der Waals surface area contributed by atoms with Crippen molar-refractivity contribution in [2.45, 2.75) is 38.1 Å². The van der Waals surface area contributed by atoms with Crippen LogP contribution in [0.3, 0.4) is 0 Å². The van der Waals surface area contributed by atoms with Crippen LogP contribution in [0.5, 0.6) is 0 Å². The summed E-state index contributed by atoms with van der Waals surface area (Å²) in [6.07, 6.45) is 5.47. The molecule has 1 fully saturated rings. The molecule has 0 atom stereocenters. The molecule has 1 aliphatic carbocycles. The summed E-state index contributed by atoms with van der Waals surface area (Å²) < 4.78 is 0. The normalized spacial score (nSPS) is 16.2. The zero-order chi connectivity index (χ0) is 12.0. The molecule has 94 valence electrons. The SMILES string of the molecule is CN(CCCN)C(=O)CCN(C)C1CCC1. The lowest BCUT2D eigenvalue weighted by atomic mass is 9.92. The van der Waals surface area contributed by atoms with Gasteiger partial charge in [-0.25, -0.2) is 0 Å². The molecular formula is C12H25N3O. The number of hydrogen-bond donors (Lipinski definition) is 1. The van der Waals surface area contributed by atoms with E-state index in [1.54, 1.807) is 4.90 Å². The molecule has 4 nitrogen and oxygen atoms in total. The Morgan fingerprint density at radius 3 is 2.50 bits per heavy atom. The lowest BCUT2D eigenvalue weighted by molar-refractivity contribution is -0.130. The van der Waals surface area contributed by atoms with Crippen molar-refractivity contribution in [2.75, 3.05) is 33.7 Å². The summed E-state index contributed by atoms with van der Waals surface area (Å²) in [4.78, 5) is 15.9. The Hall–Kier alpha value is -0.610. The smallest absolute Gasteiger partial charge is 0.223 e. The summed E-state index contributed by atoms with van der Waals surface area (Å²) in [7, 11) is 3.98. The second-order valence-corrected chi connectivity index (χ2v) is 4.77. The highest BCUT2D eigenvalue weighted by Gasteiger charge is 2.22. The van der Waals surface area contributed by atoms with Crippen LogP contribution in [0.2, 0.25) is 0 Å². The van der Waals surface area contributed by atoms with Gasteiger partial charge in [0.2, 0.25) is 5.91 Å². The minimum Gasteiger partial charge on any atom is -0.346 e. The van der Waals surface area contributed by atoms with Crippen LogP contribution in [-0.2, 0) is 4.79 Å². The summed E-state index contributed by atoms with van der Waals surface area (Å²) in [5, 5.41) is 0. The second kappa shape index (κ2) is 6.86. The summed E-state index contributed by atoms with van der Waals surface area (Å²) in [6, 6.07) is 0.724. The zero-order valence-electron chi connectivity index (χ0n) is 10.6. The fraction of sp³-hybridized carbons (Fsp3) is 0.917. The number of nitrogens with two attached hydrogens (primary N) is 1. The third kappa shape index (κ3) is 4.10. The largest absolute Gasteiger partial charge is 0.346 e. The lowest BCUT2D eigenvalue weighted by Gasteiger charge is -2.34. The van der Waals surface area contributed by atoms with Crippen molar-refractivity contribution in [3.8, 4) is 0 Å². The van der Waals surface area contributed by atoms with Crippen molar-refractivity contribution in [1.29, 1.82) is 0 Å². The van der Waals surface area contributed by atoms with Gasteiger partial charge in [-0.05, 0) is 32.9 Å². The van der Waals surface area contributed by atoms with E-state index < -0.39 is 0 Å². The van der Waals surface area contributed by atoms with Crippen LogP contribution in [0.25, 0.3) is 0 Å². The van der Waals surface area contributed by atoms with Crippen LogP contribution in [0, 0.1) is 0 Å². The van der Waals surface area contributed by atoms with E-state index in [2.05, 4.69) is 11.9 Å². The van der Waals surface area contributed by atoms with Crippen molar-refractivity contribution in [2.24, 2.45) is 5.73 Å². The van der Waals surface area contributed by atoms with Crippen LogP contribution < -0.4 is 5.73 Å². The van der Waals surface area contributed by atoms with Gasteiger partial charge >= 0.3 is 0 Å². The Labute approximate surface area is 98.8 Å². The molecule has 0 heterocycles. The highest BCUT2D eigenvalue weighted by atomic mass is 16.2. The number of amides is 1. The van der Waals surface area contributed by atoms with Crippen molar-refractivity contribution in [3.63, 3.8) is 0 Å². The monoisotopic (exact) mass is 227 g/mol. The maximum atomic E-state index is 11.7. The van der Waals surface area contributed by atoms with Gasteiger partial charge in [-0.1, -0.05) is 6.42 Å². The molecule has 1 rings (SSSR count). The number of hydrogen-bond acceptors (Lipinski definition) is 3. The molecule has 4 heteroatoms. The van der Waals surface area contributed by atoms with Gasteiger partial charge in [0.15, 0.2) is 0 Å². The van der Waals surface area contributed by atoms with Gasteiger partial charge in [-0.3, -0.25) is 4.79 Å². The quantitative estimate of drug-likeness (QED) is 0.695. The van der Waals surface area contributed by atoms with E-state index in [4.69, 9.17) is 5.73 Å². The molecule has 0 spiro atoms. The number of nitrogens with zero attached hydrogens (tertiary/aromatic N) is 2. The standard InChI is InChI=1S/C12H25N3O/c1-14(11-5-3-6-11)10-7-12(16)15(2)9-4-8-13/h11H,3-10,13H2,1-2H3. The van der Waals surface area contributed by atoms with Gasteiger partial charge in [-0.2, -0.15) is 0 Å². The van der Waals surface area contributed by atoms with Crippen LogP contribution in [0.1, 0.15) is 32.1 Å². The average molecular weight is 227 g/mol. The van der Waals surface area contributed by atoms with E-state index in [1.807, 2.05) is 7.05 Å². The summed E-state index contributed by atoms with van der Waals surface area (Å²) in [5.74, 6) is 0.236. The van der Waals surface area contributed by atoms with Crippen molar-refractivity contribution >= 4 is 5.91 Å². The molecule has 0 aromatic carbocycles. The molecule has 0 saturated heterocycles. The summed E-state index contributed by atoms with van der Waals surface area (Å²) in [5.41, 5.74) is 5.42. The highest BCUT2D eigenvalue weighted by molar-refractivity contribution is 5.76. The maximum absolute atomic E-state index is 11.7. The Balaban J connectivity index is 2.12. The maximum Gasteiger partial charge on any atom is 0.223 e. The van der Waals surface area contributed by atoms with Gasteiger partial charge in [-0.15, -0.1) is 0 Å². The molecule has 1 amide bonds. The van der Waals surface area contributed by atoms with E-state index in [9.17, 15) is 4.79 Å². The Bertz CT molecular complexity index is 216. The Kier molecular flexibility index (Phi) is 5.77. The average Bonchev–Trinajstić information content (AvgIpc) is 2.19. The van der Waals surface area contributed by atoms with E-state index >= 15 is 0 Å². The van der Waals surface area contributed by atoms with Crippen LogP contribution >= 0.6 is 0 Å². The summed E-state index contributed by atoms with van der Waals surface area (Å²) in [6.45, 7) is 2.32. The van der Waals surface area contributed by atoms with Gasteiger partial charge in [0, 0.05) is 32.6 Å². The van der Waals surface area contributed by atoms with Gasteiger partial charge in [0.05, 0.1) is 0 Å². The fourth-order valence-electron chi connectivity index (χ4n) is 1.93. The molecule has 0 aromatic rings. The second-order valence-electron chi connectivity index (χ2n) is 4.77. The first-order chi connectivity index (χ1) is 7.65. The van der Waals surface area contributed by atoms with Crippen molar-refractivity contribution in [3.05, 3.63) is 0 Å². The van der Waals surface area contributed by atoms with E-state index in [-0.39, 0.29) is 5.91 Å². The molecule has 2 N–H and O–H groups in total. The first-order valence-corrected chi connectivity index (χ1v) is 6.29. The number of rotatable bonds is 7. The first kappa shape index (κ1) is 13.5. The van der Waals surface area contributed by atoms with Crippen LogP contribution in [0.15, 0.2) is 0 Å². The molecule has 16 heavy (non-hydrogen) atoms. The first-order valence-electron chi connectivity index (χ1n) is 6.29. The number of carbonyl (C=O) groups is 1. The Morgan fingerprint density at radius 1 is 1.31 bits per heavy atom.